The van der Waals surface area contributed by atoms with Crippen molar-refractivity contribution >= 4 is 33.3 Å². The van der Waals surface area contributed by atoms with E-state index in [4.69, 9.17) is 5.11 Å². The molecule has 1 unspecified atom stereocenters. The van der Waals surface area contributed by atoms with Crippen LogP contribution in [-0.2, 0) is 4.79 Å². The van der Waals surface area contributed by atoms with Gasteiger partial charge in [0, 0.05) is 23.7 Å². The Kier molecular flexibility index (Phi) is 4.43. The molecule has 116 valence electrons. The van der Waals surface area contributed by atoms with Crippen molar-refractivity contribution in [1.29, 1.82) is 0 Å². The first kappa shape index (κ1) is 15.0. The van der Waals surface area contributed by atoms with Gasteiger partial charge in [0.15, 0.2) is 0 Å². The number of piperidine rings is 1. The van der Waals surface area contributed by atoms with Crippen LogP contribution in [0.15, 0.2) is 30.3 Å². The second-order valence-corrected chi connectivity index (χ2v) is 6.81. The predicted octanol–water partition coefficient (Wildman–Crippen LogP) is 3.76. The molecule has 0 radical (unpaired) electrons. The maximum Gasteiger partial charge on any atom is 0.303 e. The molecule has 0 spiro atoms. The van der Waals surface area contributed by atoms with E-state index in [9.17, 15) is 9.59 Å². The van der Waals surface area contributed by atoms with Crippen LogP contribution in [0.2, 0.25) is 0 Å². The van der Waals surface area contributed by atoms with Crippen molar-refractivity contribution in [2.75, 3.05) is 6.54 Å². The number of likely N-dealkylation sites (tertiary alicyclic amines) is 1. The Morgan fingerprint density at radius 3 is 2.86 bits per heavy atom. The molecule has 22 heavy (non-hydrogen) atoms. The molecular weight excluding hydrogens is 298 g/mol. The van der Waals surface area contributed by atoms with E-state index in [1.54, 1.807) is 0 Å². The predicted molar refractivity (Wildman–Crippen MR) is 87.4 cm³/mol. The number of hydrogen-bond donors (Lipinski definition) is 1. The summed E-state index contributed by atoms with van der Waals surface area (Å²) in [5.41, 5.74) is 0. The molecule has 0 saturated carbocycles. The summed E-state index contributed by atoms with van der Waals surface area (Å²) in [5.74, 6) is -0.740. The zero-order valence-electron chi connectivity index (χ0n) is 12.3. The fourth-order valence-electron chi connectivity index (χ4n) is 3.09. The van der Waals surface area contributed by atoms with Crippen molar-refractivity contribution < 1.29 is 14.7 Å². The molecule has 3 rings (SSSR count). The highest BCUT2D eigenvalue weighted by atomic mass is 32.1. The molecule has 1 amide bonds. The Bertz CT molecular complexity index is 661. The maximum atomic E-state index is 12.8. The van der Waals surface area contributed by atoms with Gasteiger partial charge in [0.2, 0.25) is 0 Å². The smallest absolute Gasteiger partial charge is 0.303 e. The third-order valence-electron chi connectivity index (χ3n) is 4.22. The Morgan fingerprint density at radius 2 is 2.09 bits per heavy atom. The first-order chi connectivity index (χ1) is 10.6. The number of aliphatic carboxylic acids is 1. The van der Waals surface area contributed by atoms with Crippen molar-refractivity contribution in [3.05, 3.63) is 35.2 Å². The molecule has 5 heteroatoms. The Morgan fingerprint density at radius 1 is 1.27 bits per heavy atom. The number of benzene rings is 1. The molecular formula is C17H19NO3S. The summed E-state index contributed by atoms with van der Waals surface area (Å²) in [6, 6.07) is 9.99. The van der Waals surface area contributed by atoms with Crippen LogP contribution in [0.1, 0.15) is 41.8 Å². The lowest BCUT2D eigenvalue weighted by atomic mass is 9.97. The van der Waals surface area contributed by atoms with Gasteiger partial charge in [-0.15, -0.1) is 11.3 Å². The van der Waals surface area contributed by atoms with E-state index < -0.39 is 5.97 Å². The third kappa shape index (κ3) is 3.14. The van der Waals surface area contributed by atoms with Crippen molar-refractivity contribution in [3.8, 4) is 0 Å². The monoisotopic (exact) mass is 317 g/mol. The second kappa shape index (κ2) is 6.48. The minimum Gasteiger partial charge on any atom is -0.481 e. The molecule has 1 aliphatic heterocycles. The fraction of sp³-hybridized carbons (Fsp3) is 0.412. The van der Waals surface area contributed by atoms with Crippen LogP contribution in [0, 0.1) is 0 Å². The first-order valence-electron chi connectivity index (χ1n) is 7.66. The topological polar surface area (TPSA) is 57.6 Å². The molecule has 1 fully saturated rings. The normalized spacial score (nSPS) is 18.5. The van der Waals surface area contributed by atoms with Crippen LogP contribution in [0.3, 0.4) is 0 Å². The third-order valence-corrected chi connectivity index (χ3v) is 5.32. The van der Waals surface area contributed by atoms with E-state index in [1.165, 1.54) is 11.3 Å². The summed E-state index contributed by atoms with van der Waals surface area (Å²) in [6.45, 7) is 0.733. The number of carbonyl (C=O) groups is 2. The van der Waals surface area contributed by atoms with Crippen molar-refractivity contribution in [2.24, 2.45) is 0 Å². The molecule has 1 aliphatic rings. The number of thiophene rings is 1. The van der Waals surface area contributed by atoms with Crippen LogP contribution in [0.5, 0.6) is 0 Å². The van der Waals surface area contributed by atoms with Gasteiger partial charge in [-0.1, -0.05) is 18.2 Å². The Balaban J connectivity index is 1.80. The summed E-state index contributed by atoms with van der Waals surface area (Å²) in [6.07, 6.45) is 3.65. The van der Waals surface area contributed by atoms with Gasteiger partial charge in [-0.05, 0) is 43.2 Å². The van der Waals surface area contributed by atoms with E-state index in [1.807, 2.05) is 35.2 Å². The van der Waals surface area contributed by atoms with E-state index in [0.717, 1.165) is 40.8 Å². The molecule has 1 saturated heterocycles. The molecule has 1 aromatic carbocycles. The number of hydrogen-bond acceptors (Lipinski definition) is 3. The second-order valence-electron chi connectivity index (χ2n) is 5.73. The van der Waals surface area contributed by atoms with E-state index in [2.05, 4.69) is 0 Å². The van der Waals surface area contributed by atoms with Crippen LogP contribution in [0.4, 0.5) is 0 Å². The number of carboxylic acids is 1. The zero-order valence-corrected chi connectivity index (χ0v) is 13.1. The summed E-state index contributed by atoms with van der Waals surface area (Å²) in [7, 11) is 0. The van der Waals surface area contributed by atoms with E-state index in [0.29, 0.717) is 6.42 Å². The summed E-state index contributed by atoms with van der Waals surface area (Å²) >= 11 is 1.52. The minimum atomic E-state index is -0.792. The highest BCUT2D eigenvalue weighted by molar-refractivity contribution is 7.20. The molecule has 4 nitrogen and oxygen atoms in total. The van der Waals surface area contributed by atoms with E-state index in [-0.39, 0.29) is 18.4 Å². The Labute approximate surface area is 133 Å². The van der Waals surface area contributed by atoms with E-state index >= 15 is 0 Å². The van der Waals surface area contributed by atoms with Crippen LogP contribution >= 0.6 is 11.3 Å². The minimum absolute atomic E-state index is 0.0521. The zero-order chi connectivity index (χ0) is 15.5. The molecule has 0 aliphatic carbocycles. The molecule has 0 bridgehead atoms. The summed E-state index contributed by atoms with van der Waals surface area (Å²) in [5, 5.41) is 9.97. The van der Waals surface area contributed by atoms with Gasteiger partial charge in [0.25, 0.3) is 5.91 Å². The number of nitrogens with zero attached hydrogens (tertiary/aromatic N) is 1. The van der Waals surface area contributed by atoms with Crippen molar-refractivity contribution in [3.63, 3.8) is 0 Å². The Hall–Kier alpha value is -1.88. The molecule has 1 N–H and O–H groups in total. The first-order valence-corrected chi connectivity index (χ1v) is 8.48. The summed E-state index contributed by atoms with van der Waals surface area (Å²) in [4.78, 5) is 26.3. The molecule has 1 atom stereocenters. The highest BCUT2D eigenvalue weighted by Crippen LogP contribution is 2.29. The summed E-state index contributed by atoms with van der Waals surface area (Å²) < 4.78 is 1.12. The van der Waals surface area contributed by atoms with Crippen molar-refractivity contribution in [1.82, 2.24) is 4.90 Å². The van der Waals surface area contributed by atoms with Gasteiger partial charge in [-0.25, -0.2) is 0 Å². The van der Waals surface area contributed by atoms with Crippen LogP contribution < -0.4 is 0 Å². The molecule has 1 aromatic heterocycles. The largest absolute Gasteiger partial charge is 0.481 e. The quantitative estimate of drug-likeness (QED) is 0.934. The van der Waals surface area contributed by atoms with Gasteiger partial charge in [-0.2, -0.15) is 0 Å². The van der Waals surface area contributed by atoms with Gasteiger partial charge >= 0.3 is 5.97 Å². The number of carboxylic acid groups (broad SMARTS) is 1. The standard InChI is InChI=1S/C17H19NO3S/c19-16(20)9-8-13-6-3-4-10-18(13)17(21)15-11-12-5-1-2-7-14(12)22-15/h1-2,5,7,11,13H,3-4,6,8-10H2,(H,19,20). The van der Waals surface area contributed by atoms with Gasteiger partial charge in [0.05, 0.1) is 4.88 Å². The number of carbonyl (C=O) groups excluding carboxylic acids is 1. The lowest BCUT2D eigenvalue weighted by Crippen LogP contribution is -2.43. The number of fused-ring (bicyclic) bond motifs is 1. The SMILES string of the molecule is O=C(O)CCC1CCCCN1C(=O)c1cc2ccccc2s1. The van der Waals surface area contributed by atoms with Gasteiger partial charge < -0.3 is 10.0 Å². The lowest BCUT2D eigenvalue weighted by molar-refractivity contribution is -0.137. The number of amides is 1. The van der Waals surface area contributed by atoms with Crippen LogP contribution in [-0.4, -0.2) is 34.5 Å². The highest BCUT2D eigenvalue weighted by Gasteiger charge is 2.28. The average Bonchev–Trinajstić information content (AvgIpc) is 2.96. The van der Waals surface area contributed by atoms with Crippen LogP contribution in [0.25, 0.3) is 10.1 Å². The lowest BCUT2D eigenvalue weighted by Gasteiger charge is -2.35. The molecule has 2 aromatic rings. The van der Waals surface area contributed by atoms with Gasteiger partial charge in [-0.3, -0.25) is 9.59 Å². The molecule has 2 heterocycles. The fourth-order valence-corrected chi connectivity index (χ4v) is 4.11. The maximum absolute atomic E-state index is 12.8. The average molecular weight is 317 g/mol. The number of rotatable bonds is 4. The van der Waals surface area contributed by atoms with Gasteiger partial charge in [0.1, 0.15) is 0 Å². The van der Waals surface area contributed by atoms with Crippen molar-refractivity contribution in [2.45, 2.75) is 38.1 Å².